The van der Waals surface area contributed by atoms with Crippen molar-refractivity contribution in [2.45, 2.75) is 32.7 Å². The summed E-state index contributed by atoms with van der Waals surface area (Å²) in [5, 5.41) is 10.3. The van der Waals surface area contributed by atoms with Crippen LogP contribution in [0.5, 0.6) is 0 Å². The van der Waals surface area contributed by atoms with Crippen LogP contribution in [0, 0.1) is 13.8 Å². The third-order valence-electron chi connectivity index (χ3n) is 5.77. The summed E-state index contributed by atoms with van der Waals surface area (Å²) < 4.78 is 0. The molecular formula is C20H29N5S. The second kappa shape index (κ2) is 7.94. The molecule has 0 spiro atoms. The Balaban J connectivity index is 1.33. The molecule has 2 N–H and O–H groups in total. The minimum atomic E-state index is 0.757. The summed E-state index contributed by atoms with van der Waals surface area (Å²) in [5.74, 6) is 0.925. The summed E-state index contributed by atoms with van der Waals surface area (Å²) >= 11 is 1.75. The van der Waals surface area contributed by atoms with Crippen molar-refractivity contribution in [1.82, 2.24) is 15.2 Å². The van der Waals surface area contributed by atoms with E-state index in [9.17, 15) is 0 Å². The van der Waals surface area contributed by atoms with Gasteiger partial charge in [0.15, 0.2) is 0 Å². The number of hydrogen-bond donors (Lipinski definition) is 2. The van der Waals surface area contributed by atoms with Crippen LogP contribution < -0.4 is 15.5 Å². The van der Waals surface area contributed by atoms with Crippen molar-refractivity contribution >= 4 is 27.8 Å². The number of pyridine rings is 1. The molecule has 2 aliphatic heterocycles. The topological polar surface area (TPSA) is 43.4 Å². The van der Waals surface area contributed by atoms with Crippen LogP contribution in [0.15, 0.2) is 23.7 Å². The molecular weight excluding hydrogens is 342 g/mol. The molecule has 0 aromatic carbocycles. The zero-order valence-electron chi connectivity index (χ0n) is 15.8. The van der Waals surface area contributed by atoms with Crippen LogP contribution in [0.1, 0.15) is 24.0 Å². The highest BCUT2D eigenvalue weighted by atomic mass is 32.1. The van der Waals surface area contributed by atoms with E-state index < -0.39 is 0 Å². The number of thiophene rings is 1. The first kappa shape index (κ1) is 17.8. The van der Waals surface area contributed by atoms with Gasteiger partial charge in [0.05, 0.1) is 16.9 Å². The highest BCUT2D eigenvalue weighted by Crippen LogP contribution is 2.30. The largest absolute Gasteiger partial charge is 0.370 e. The molecule has 2 aromatic heterocycles. The third kappa shape index (κ3) is 3.87. The van der Waals surface area contributed by atoms with Crippen molar-refractivity contribution < 1.29 is 0 Å². The first-order chi connectivity index (χ1) is 12.7. The van der Waals surface area contributed by atoms with Gasteiger partial charge in [-0.25, -0.2) is 4.98 Å². The maximum Gasteiger partial charge on any atom is 0.131 e. The van der Waals surface area contributed by atoms with Gasteiger partial charge in [-0.2, -0.15) is 0 Å². The summed E-state index contributed by atoms with van der Waals surface area (Å²) in [4.78, 5) is 9.80. The fourth-order valence-corrected chi connectivity index (χ4v) is 4.90. The molecule has 6 heteroatoms. The molecule has 0 bridgehead atoms. The highest BCUT2D eigenvalue weighted by Gasteiger charge is 2.25. The lowest BCUT2D eigenvalue weighted by atomic mass is 10.0. The number of rotatable bonds is 4. The van der Waals surface area contributed by atoms with Gasteiger partial charge in [0, 0.05) is 45.3 Å². The Morgan fingerprint density at radius 3 is 2.50 bits per heavy atom. The van der Waals surface area contributed by atoms with Crippen LogP contribution >= 0.6 is 11.3 Å². The van der Waals surface area contributed by atoms with E-state index in [0.717, 1.165) is 38.0 Å². The Morgan fingerprint density at radius 1 is 1.12 bits per heavy atom. The Morgan fingerprint density at radius 2 is 1.88 bits per heavy atom. The van der Waals surface area contributed by atoms with Crippen LogP contribution in [-0.2, 0) is 0 Å². The van der Waals surface area contributed by atoms with Gasteiger partial charge < -0.3 is 15.5 Å². The van der Waals surface area contributed by atoms with Gasteiger partial charge in [0.1, 0.15) is 5.82 Å². The smallest absolute Gasteiger partial charge is 0.131 e. The van der Waals surface area contributed by atoms with E-state index in [1.807, 2.05) is 6.20 Å². The van der Waals surface area contributed by atoms with Crippen LogP contribution in [-0.4, -0.2) is 55.2 Å². The number of hydrogen-bond acceptors (Lipinski definition) is 6. The summed E-state index contributed by atoms with van der Waals surface area (Å²) in [6.45, 7) is 11.3. The zero-order valence-corrected chi connectivity index (χ0v) is 16.6. The van der Waals surface area contributed by atoms with E-state index in [2.05, 4.69) is 56.8 Å². The Kier molecular flexibility index (Phi) is 5.43. The Bertz CT molecular complexity index is 712. The molecule has 5 nitrogen and oxygen atoms in total. The van der Waals surface area contributed by atoms with Gasteiger partial charge >= 0.3 is 0 Å². The van der Waals surface area contributed by atoms with Crippen molar-refractivity contribution in [3.8, 4) is 0 Å². The molecule has 2 fully saturated rings. The standard InChI is InChI=1S/C20H29N5S/c1-15-14-26-20(16(15)2)23-19-4-3-18(13-22-19)24-9-5-17(6-10-24)25-11-7-21-8-12-25/h3-4,13-14,17,21H,5-12H2,1-2H3,(H,22,23). The molecule has 0 saturated carbocycles. The van der Waals surface area contributed by atoms with Gasteiger partial charge in [0.25, 0.3) is 0 Å². The number of aromatic nitrogens is 1. The minimum absolute atomic E-state index is 0.757. The number of piperazine rings is 1. The van der Waals surface area contributed by atoms with E-state index in [1.54, 1.807) is 11.3 Å². The van der Waals surface area contributed by atoms with E-state index >= 15 is 0 Å². The number of nitrogens with zero attached hydrogens (tertiary/aromatic N) is 3. The van der Waals surface area contributed by atoms with Gasteiger partial charge in [-0.05, 0) is 55.3 Å². The molecule has 0 atom stereocenters. The highest BCUT2D eigenvalue weighted by molar-refractivity contribution is 7.14. The summed E-state index contributed by atoms with van der Waals surface area (Å²) in [5.41, 5.74) is 3.89. The van der Waals surface area contributed by atoms with Crippen LogP contribution in [0.2, 0.25) is 0 Å². The maximum absolute atomic E-state index is 4.64. The molecule has 2 aliphatic rings. The second-order valence-corrected chi connectivity index (χ2v) is 8.28. The van der Waals surface area contributed by atoms with Crippen LogP contribution in [0.3, 0.4) is 0 Å². The number of anilines is 3. The first-order valence-electron chi connectivity index (χ1n) is 9.68. The molecule has 0 unspecified atom stereocenters. The van der Waals surface area contributed by atoms with Crippen LogP contribution in [0.4, 0.5) is 16.5 Å². The fraction of sp³-hybridized carbons (Fsp3) is 0.550. The first-order valence-corrected chi connectivity index (χ1v) is 10.6. The Labute approximate surface area is 160 Å². The summed E-state index contributed by atoms with van der Waals surface area (Å²) in [6.07, 6.45) is 4.53. The molecule has 0 amide bonds. The molecule has 2 saturated heterocycles. The molecule has 0 radical (unpaired) electrons. The minimum Gasteiger partial charge on any atom is -0.370 e. The molecule has 2 aromatic rings. The van der Waals surface area contributed by atoms with Crippen LogP contribution in [0.25, 0.3) is 0 Å². The number of nitrogens with one attached hydrogen (secondary N) is 2. The Hall–Kier alpha value is -1.63. The lowest BCUT2D eigenvalue weighted by molar-refractivity contribution is 0.150. The normalized spacial score (nSPS) is 19.7. The maximum atomic E-state index is 4.64. The van der Waals surface area contributed by atoms with E-state index in [4.69, 9.17) is 0 Å². The second-order valence-electron chi connectivity index (χ2n) is 7.40. The van der Waals surface area contributed by atoms with Gasteiger partial charge in [-0.3, -0.25) is 4.90 Å². The molecule has 4 heterocycles. The predicted octanol–water partition coefficient (Wildman–Crippen LogP) is 3.38. The fourth-order valence-electron chi connectivity index (χ4n) is 3.93. The van der Waals surface area contributed by atoms with Crippen molar-refractivity contribution in [2.24, 2.45) is 0 Å². The van der Waals surface area contributed by atoms with Crippen molar-refractivity contribution in [3.63, 3.8) is 0 Å². The summed E-state index contributed by atoms with van der Waals surface area (Å²) in [7, 11) is 0. The predicted molar refractivity (Wildman–Crippen MR) is 111 cm³/mol. The quantitative estimate of drug-likeness (QED) is 0.863. The monoisotopic (exact) mass is 371 g/mol. The van der Waals surface area contributed by atoms with Crippen molar-refractivity contribution in [3.05, 3.63) is 34.8 Å². The van der Waals surface area contributed by atoms with E-state index in [1.165, 1.54) is 47.7 Å². The average molecular weight is 372 g/mol. The van der Waals surface area contributed by atoms with E-state index in [0.29, 0.717) is 0 Å². The van der Waals surface area contributed by atoms with Gasteiger partial charge in [-0.1, -0.05) is 0 Å². The SMILES string of the molecule is Cc1csc(Nc2ccc(N3CCC(N4CCNCC4)CC3)cn2)c1C. The van der Waals surface area contributed by atoms with Crippen molar-refractivity contribution in [2.75, 3.05) is 49.5 Å². The number of piperidine rings is 1. The van der Waals surface area contributed by atoms with Gasteiger partial charge in [-0.15, -0.1) is 11.3 Å². The number of aryl methyl sites for hydroxylation is 1. The molecule has 4 rings (SSSR count). The average Bonchev–Trinajstić information content (AvgIpc) is 3.02. The van der Waals surface area contributed by atoms with Crippen molar-refractivity contribution in [1.29, 1.82) is 0 Å². The zero-order chi connectivity index (χ0) is 17.9. The lowest BCUT2D eigenvalue weighted by Crippen LogP contribution is -2.52. The third-order valence-corrected chi connectivity index (χ3v) is 6.89. The van der Waals surface area contributed by atoms with E-state index in [-0.39, 0.29) is 0 Å². The summed E-state index contributed by atoms with van der Waals surface area (Å²) in [6, 6.07) is 5.06. The van der Waals surface area contributed by atoms with Gasteiger partial charge in [0.2, 0.25) is 0 Å². The molecule has 26 heavy (non-hydrogen) atoms. The lowest BCUT2D eigenvalue weighted by Gasteiger charge is -2.41. The molecule has 140 valence electrons. The molecule has 0 aliphatic carbocycles.